The second-order valence-electron chi connectivity index (χ2n) is 6.71. The molecule has 0 saturated heterocycles. The highest BCUT2D eigenvalue weighted by atomic mass is 19.1. The van der Waals surface area contributed by atoms with Gasteiger partial charge in [0.05, 0.1) is 13.1 Å². The maximum absolute atomic E-state index is 13.2. The average Bonchev–Trinajstić information content (AvgIpc) is 2.52. The van der Waals surface area contributed by atoms with Crippen molar-refractivity contribution in [1.29, 1.82) is 0 Å². The number of nitrogens with one attached hydrogen (secondary N) is 3. The predicted molar refractivity (Wildman–Crippen MR) is 98.4 cm³/mol. The lowest BCUT2D eigenvalue weighted by atomic mass is 10.1. The number of ether oxygens (including phenoxy) is 1. The molecule has 1 atom stereocenters. The quantitative estimate of drug-likeness (QED) is 0.519. The van der Waals surface area contributed by atoms with E-state index in [1.54, 1.807) is 19.2 Å². The van der Waals surface area contributed by atoms with E-state index in [1.165, 1.54) is 12.1 Å². The molecule has 0 saturated carbocycles. The first-order valence-corrected chi connectivity index (χ1v) is 8.41. The van der Waals surface area contributed by atoms with E-state index in [4.69, 9.17) is 4.74 Å². The van der Waals surface area contributed by atoms with Crippen LogP contribution in [-0.2, 0) is 4.79 Å². The fourth-order valence-electron chi connectivity index (χ4n) is 2.06. The van der Waals surface area contributed by atoms with Crippen molar-refractivity contribution in [1.82, 2.24) is 16.0 Å². The molecular weight excluding hydrogens is 323 g/mol. The normalized spacial score (nSPS) is 13.1. The Morgan fingerprint density at radius 1 is 1.32 bits per heavy atom. The molecular formula is C18H29FN4O2. The number of guanidine groups is 1. The first kappa shape index (κ1) is 20.7. The molecule has 140 valence electrons. The van der Waals surface area contributed by atoms with Crippen LogP contribution in [0.4, 0.5) is 4.39 Å². The number of rotatable bonds is 7. The number of hydrogen-bond acceptors (Lipinski definition) is 3. The number of aliphatic imine (C=N–C) groups is 1. The van der Waals surface area contributed by atoms with Gasteiger partial charge in [0, 0.05) is 18.7 Å². The van der Waals surface area contributed by atoms with Crippen molar-refractivity contribution in [2.45, 2.75) is 45.8 Å². The summed E-state index contributed by atoms with van der Waals surface area (Å²) >= 11 is 0. The number of nitrogens with zero attached hydrogens (tertiary/aromatic N) is 1. The van der Waals surface area contributed by atoms with Crippen LogP contribution in [0.5, 0.6) is 5.75 Å². The number of carbonyl (C=O) groups is 1. The number of amides is 1. The standard InChI is InChI=1S/C18H29FN4O2/c1-6-14(25-15-9-7-8-13(19)10-15)11-21-17(20-5)22-12-16(24)23-18(2,3)4/h7-10,14H,6,11-12H2,1-5H3,(H,23,24)(H2,20,21,22). The van der Waals surface area contributed by atoms with Gasteiger partial charge in [-0.15, -0.1) is 0 Å². The lowest BCUT2D eigenvalue weighted by Gasteiger charge is -2.22. The summed E-state index contributed by atoms with van der Waals surface area (Å²) in [4.78, 5) is 15.9. The molecule has 1 aromatic rings. The topological polar surface area (TPSA) is 74.8 Å². The number of hydrogen-bond donors (Lipinski definition) is 3. The van der Waals surface area contributed by atoms with E-state index in [2.05, 4.69) is 20.9 Å². The zero-order chi connectivity index (χ0) is 18.9. The van der Waals surface area contributed by atoms with Crippen LogP contribution in [0, 0.1) is 5.82 Å². The fourth-order valence-corrected chi connectivity index (χ4v) is 2.06. The summed E-state index contributed by atoms with van der Waals surface area (Å²) in [7, 11) is 1.63. The van der Waals surface area contributed by atoms with Crippen LogP contribution in [0.2, 0.25) is 0 Å². The summed E-state index contributed by atoms with van der Waals surface area (Å²) in [5.74, 6) is 0.549. The van der Waals surface area contributed by atoms with Crippen molar-refractivity contribution in [2.75, 3.05) is 20.1 Å². The minimum Gasteiger partial charge on any atom is -0.489 e. The van der Waals surface area contributed by atoms with Crippen LogP contribution in [-0.4, -0.2) is 43.6 Å². The van der Waals surface area contributed by atoms with Crippen LogP contribution in [0.1, 0.15) is 34.1 Å². The molecule has 0 aliphatic heterocycles. The first-order chi connectivity index (χ1) is 11.7. The molecule has 0 aliphatic carbocycles. The van der Waals surface area contributed by atoms with E-state index in [9.17, 15) is 9.18 Å². The largest absolute Gasteiger partial charge is 0.489 e. The lowest BCUT2D eigenvalue weighted by molar-refractivity contribution is -0.121. The van der Waals surface area contributed by atoms with Gasteiger partial charge in [0.25, 0.3) is 0 Å². The van der Waals surface area contributed by atoms with Crippen molar-refractivity contribution in [3.8, 4) is 5.75 Å². The predicted octanol–water partition coefficient (Wildman–Crippen LogP) is 2.06. The van der Waals surface area contributed by atoms with Gasteiger partial charge >= 0.3 is 0 Å². The maximum Gasteiger partial charge on any atom is 0.239 e. The van der Waals surface area contributed by atoms with Crippen LogP contribution >= 0.6 is 0 Å². The number of carbonyl (C=O) groups excluding carboxylic acids is 1. The van der Waals surface area contributed by atoms with Gasteiger partial charge in [-0.25, -0.2) is 4.39 Å². The van der Waals surface area contributed by atoms with Crippen LogP contribution in [0.3, 0.4) is 0 Å². The van der Waals surface area contributed by atoms with Gasteiger partial charge in [-0.2, -0.15) is 0 Å². The second kappa shape index (κ2) is 9.86. The Labute approximate surface area is 149 Å². The molecule has 1 rings (SSSR count). The number of benzene rings is 1. The van der Waals surface area contributed by atoms with E-state index in [0.717, 1.165) is 6.42 Å². The zero-order valence-corrected chi connectivity index (χ0v) is 15.6. The third kappa shape index (κ3) is 8.93. The molecule has 0 spiro atoms. The molecule has 3 N–H and O–H groups in total. The number of halogens is 1. The van der Waals surface area contributed by atoms with Gasteiger partial charge < -0.3 is 20.7 Å². The summed E-state index contributed by atoms with van der Waals surface area (Å²) in [5, 5.41) is 8.94. The molecule has 0 fully saturated rings. The average molecular weight is 352 g/mol. The van der Waals surface area contributed by atoms with Crippen LogP contribution < -0.4 is 20.7 Å². The Hall–Kier alpha value is -2.31. The molecule has 0 aromatic heterocycles. The minimum atomic E-state index is -0.331. The lowest BCUT2D eigenvalue weighted by Crippen LogP contribution is -2.49. The van der Waals surface area contributed by atoms with Crippen molar-refractivity contribution < 1.29 is 13.9 Å². The highest BCUT2D eigenvalue weighted by Crippen LogP contribution is 2.14. The summed E-state index contributed by atoms with van der Waals surface area (Å²) in [6.45, 7) is 8.36. The van der Waals surface area contributed by atoms with Crippen LogP contribution in [0.15, 0.2) is 29.3 Å². The SMILES string of the molecule is CCC(CNC(=NC)NCC(=O)NC(C)(C)C)Oc1cccc(F)c1. The molecule has 6 nitrogen and oxygen atoms in total. The van der Waals surface area contributed by atoms with Gasteiger partial charge in [-0.1, -0.05) is 13.0 Å². The Morgan fingerprint density at radius 2 is 2.04 bits per heavy atom. The highest BCUT2D eigenvalue weighted by Gasteiger charge is 2.14. The highest BCUT2D eigenvalue weighted by molar-refractivity contribution is 5.86. The Kier molecular flexibility index (Phi) is 8.18. The Morgan fingerprint density at radius 3 is 2.60 bits per heavy atom. The fraction of sp³-hybridized carbons (Fsp3) is 0.556. The van der Waals surface area contributed by atoms with Crippen molar-refractivity contribution >= 4 is 11.9 Å². The van der Waals surface area contributed by atoms with E-state index >= 15 is 0 Å². The molecule has 25 heavy (non-hydrogen) atoms. The van der Waals surface area contributed by atoms with Gasteiger partial charge in [0.2, 0.25) is 5.91 Å². The van der Waals surface area contributed by atoms with Crippen molar-refractivity contribution in [2.24, 2.45) is 4.99 Å². The molecule has 7 heteroatoms. The molecule has 0 heterocycles. The van der Waals surface area contributed by atoms with Gasteiger partial charge in [0.1, 0.15) is 17.7 Å². The molecule has 0 bridgehead atoms. The minimum absolute atomic E-state index is 0.112. The van der Waals surface area contributed by atoms with Gasteiger partial charge in [0.15, 0.2) is 5.96 Å². The van der Waals surface area contributed by atoms with E-state index in [0.29, 0.717) is 18.3 Å². The second-order valence-corrected chi connectivity index (χ2v) is 6.71. The molecule has 0 radical (unpaired) electrons. The summed E-state index contributed by atoms with van der Waals surface area (Å²) in [6.07, 6.45) is 0.592. The van der Waals surface area contributed by atoms with Gasteiger partial charge in [-0.05, 0) is 39.3 Å². The summed E-state index contributed by atoms with van der Waals surface area (Å²) < 4.78 is 19.0. The smallest absolute Gasteiger partial charge is 0.239 e. The zero-order valence-electron chi connectivity index (χ0n) is 15.6. The first-order valence-electron chi connectivity index (χ1n) is 8.41. The van der Waals surface area contributed by atoms with Crippen LogP contribution in [0.25, 0.3) is 0 Å². The molecule has 1 aromatic carbocycles. The monoisotopic (exact) mass is 352 g/mol. The van der Waals surface area contributed by atoms with E-state index in [-0.39, 0.29) is 29.9 Å². The molecule has 1 amide bonds. The summed E-state index contributed by atoms with van der Waals surface area (Å²) in [5.41, 5.74) is -0.276. The maximum atomic E-state index is 13.2. The van der Waals surface area contributed by atoms with Gasteiger partial charge in [-0.3, -0.25) is 9.79 Å². The Balaban J connectivity index is 2.45. The van der Waals surface area contributed by atoms with E-state index < -0.39 is 0 Å². The third-order valence-corrected chi connectivity index (χ3v) is 3.21. The third-order valence-electron chi connectivity index (χ3n) is 3.21. The summed E-state index contributed by atoms with van der Waals surface area (Å²) in [6, 6.07) is 6.06. The van der Waals surface area contributed by atoms with Crippen molar-refractivity contribution in [3.05, 3.63) is 30.1 Å². The Bertz CT molecular complexity index is 585. The van der Waals surface area contributed by atoms with Crippen molar-refractivity contribution in [3.63, 3.8) is 0 Å². The van der Waals surface area contributed by atoms with E-state index in [1.807, 2.05) is 27.7 Å². The molecule has 1 unspecified atom stereocenters. The molecule has 0 aliphatic rings.